The lowest BCUT2D eigenvalue weighted by molar-refractivity contribution is -0.140. The van der Waals surface area contributed by atoms with Crippen molar-refractivity contribution in [3.8, 4) is 5.69 Å². The largest absolute Gasteiger partial charge is 0.481 e. The van der Waals surface area contributed by atoms with Gasteiger partial charge in [0, 0.05) is 34.6 Å². The Balaban J connectivity index is 2.11. The van der Waals surface area contributed by atoms with E-state index in [0.29, 0.717) is 12.1 Å². The van der Waals surface area contributed by atoms with Gasteiger partial charge in [0.15, 0.2) is 0 Å². The van der Waals surface area contributed by atoms with Crippen LogP contribution in [0, 0.1) is 5.82 Å². The Bertz CT molecular complexity index is 983. The highest BCUT2D eigenvalue weighted by molar-refractivity contribution is 7.99. The van der Waals surface area contributed by atoms with Crippen LogP contribution >= 0.6 is 11.8 Å². The van der Waals surface area contributed by atoms with Crippen LogP contribution in [0.1, 0.15) is 34.5 Å². The zero-order valence-corrected chi connectivity index (χ0v) is 15.3. The number of carbonyl (C=O) groups is 2. The fourth-order valence-corrected chi connectivity index (χ4v) is 4.08. The molecule has 0 spiro atoms. The van der Waals surface area contributed by atoms with Crippen LogP contribution in [0.5, 0.6) is 0 Å². The summed E-state index contributed by atoms with van der Waals surface area (Å²) in [6, 6.07) is 2.20. The van der Waals surface area contributed by atoms with Gasteiger partial charge in [-0.3, -0.25) is 9.59 Å². The van der Waals surface area contributed by atoms with E-state index in [1.165, 1.54) is 6.20 Å². The molecule has 29 heavy (non-hydrogen) atoms. The Kier molecular flexibility index (Phi) is 5.46. The lowest BCUT2D eigenvalue weighted by Crippen LogP contribution is -2.34. The molecule has 0 unspecified atom stereocenters. The van der Waals surface area contributed by atoms with Crippen LogP contribution in [0.4, 0.5) is 26.3 Å². The molecular formula is C18H13F6NO3S. The van der Waals surface area contributed by atoms with Gasteiger partial charge in [-0.1, -0.05) is 0 Å². The van der Waals surface area contributed by atoms with E-state index in [1.807, 2.05) is 0 Å². The number of aliphatic carboxylic acids is 1. The molecule has 1 N–H and O–H groups in total. The van der Waals surface area contributed by atoms with Crippen LogP contribution in [-0.4, -0.2) is 33.1 Å². The normalized spacial score (nSPS) is 16.0. The van der Waals surface area contributed by atoms with Gasteiger partial charge in [0.2, 0.25) is 5.78 Å². The predicted molar refractivity (Wildman–Crippen MR) is 91.3 cm³/mol. The molecule has 0 saturated heterocycles. The van der Waals surface area contributed by atoms with E-state index in [1.54, 1.807) is 0 Å². The lowest BCUT2D eigenvalue weighted by atomic mass is 9.93. The number of alkyl halides is 5. The molecule has 1 aromatic carbocycles. The van der Waals surface area contributed by atoms with E-state index in [-0.39, 0.29) is 40.4 Å². The van der Waals surface area contributed by atoms with Crippen molar-refractivity contribution in [3.05, 3.63) is 47.0 Å². The molecule has 3 rings (SSSR count). The first-order chi connectivity index (χ1) is 13.4. The SMILES string of the molecule is O=C(O)CCSc1cn(-c2ccc(F)c(C(F)(F)F)c2)c2c1C(=O)C(F)(F)CC2. The van der Waals surface area contributed by atoms with Crippen LogP contribution in [-0.2, 0) is 17.4 Å². The second kappa shape index (κ2) is 7.43. The minimum Gasteiger partial charge on any atom is -0.481 e. The summed E-state index contributed by atoms with van der Waals surface area (Å²) in [7, 11) is 0. The fraction of sp³-hybridized carbons (Fsp3) is 0.333. The number of nitrogens with zero attached hydrogens (tertiary/aromatic N) is 1. The van der Waals surface area contributed by atoms with Crippen LogP contribution in [0.15, 0.2) is 29.3 Å². The van der Waals surface area contributed by atoms with E-state index < -0.39 is 41.7 Å². The van der Waals surface area contributed by atoms with E-state index in [0.717, 1.165) is 22.4 Å². The number of ketones is 1. The molecule has 0 fully saturated rings. The third-order valence-electron chi connectivity index (χ3n) is 4.41. The quantitative estimate of drug-likeness (QED) is 0.530. The number of carboxylic acids is 1. The van der Waals surface area contributed by atoms with E-state index in [4.69, 9.17) is 5.11 Å². The molecule has 0 radical (unpaired) electrons. The Morgan fingerprint density at radius 1 is 1.28 bits per heavy atom. The number of hydrogen-bond acceptors (Lipinski definition) is 3. The molecular weight excluding hydrogens is 424 g/mol. The molecule has 156 valence electrons. The second-order valence-electron chi connectivity index (χ2n) is 6.37. The number of carbonyl (C=O) groups excluding carboxylic acids is 1. The van der Waals surface area contributed by atoms with Gasteiger partial charge in [-0.25, -0.2) is 4.39 Å². The summed E-state index contributed by atoms with van der Waals surface area (Å²) in [5.74, 6) is -7.73. The molecule has 1 aliphatic rings. The molecule has 0 saturated carbocycles. The predicted octanol–water partition coefficient (Wildman–Crippen LogP) is 4.97. The smallest absolute Gasteiger partial charge is 0.419 e. The number of rotatable bonds is 5. The van der Waals surface area contributed by atoms with Crippen LogP contribution < -0.4 is 0 Å². The summed E-state index contributed by atoms with van der Waals surface area (Å²) in [6.07, 6.45) is -5.15. The van der Waals surface area contributed by atoms with Gasteiger partial charge in [-0.15, -0.1) is 11.8 Å². The number of hydrogen-bond donors (Lipinski definition) is 1. The Morgan fingerprint density at radius 2 is 1.97 bits per heavy atom. The van der Waals surface area contributed by atoms with Crippen molar-refractivity contribution in [3.63, 3.8) is 0 Å². The van der Waals surface area contributed by atoms with Crippen molar-refractivity contribution in [2.24, 2.45) is 0 Å². The zero-order chi connectivity index (χ0) is 21.6. The number of Topliss-reactive ketones (excluding diaryl/α,β-unsaturated/α-hetero) is 1. The molecule has 2 aromatic rings. The Hall–Kier alpha value is -2.43. The van der Waals surface area contributed by atoms with Crippen LogP contribution in [0.3, 0.4) is 0 Å². The monoisotopic (exact) mass is 437 g/mol. The van der Waals surface area contributed by atoms with Crippen molar-refractivity contribution in [2.75, 3.05) is 5.75 Å². The maximum atomic E-state index is 13.9. The third kappa shape index (κ3) is 4.14. The van der Waals surface area contributed by atoms with E-state index in [9.17, 15) is 35.9 Å². The average molecular weight is 437 g/mol. The molecule has 1 aromatic heterocycles. The van der Waals surface area contributed by atoms with Gasteiger partial charge in [0.05, 0.1) is 17.5 Å². The summed E-state index contributed by atoms with van der Waals surface area (Å²) in [5, 5.41) is 8.73. The number of aromatic nitrogens is 1. The standard InChI is InChI=1S/C18H13F6NO3S/c19-11-2-1-9(7-10(11)18(22,23)24)25-8-13(29-6-4-14(26)27)15-12(25)3-5-17(20,21)16(15)28/h1-2,7-8H,3-6H2,(H,26,27). The molecule has 11 heteroatoms. The molecule has 1 aliphatic carbocycles. The van der Waals surface area contributed by atoms with Gasteiger partial charge < -0.3 is 9.67 Å². The van der Waals surface area contributed by atoms with Crippen molar-refractivity contribution in [2.45, 2.75) is 36.3 Å². The minimum absolute atomic E-state index is 0.0259. The average Bonchev–Trinajstić information content (AvgIpc) is 2.96. The number of halogens is 6. The van der Waals surface area contributed by atoms with Gasteiger partial charge in [0.25, 0.3) is 0 Å². The van der Waals surface area contributed by atoms with Crippen LogP contribution in [0.2, 0.25) is 0 Å². The summed E-state index contributed by atoms with van der Waals surface area (Å²) < 4.78 is 81.7. The number of fused-ring (bicyclic) bond motifs is 1. The summed E-state index contributed by atoms with van der Waals surface area (Å²) >= 11 is 0.844. The molecule has 0 amide bonds. The zero-order valence-electron chi connectivity index (χ0n) is 14.5. The van der Waals surface area contributed by atoms with Gasteiger partial charge in [0.1, 0.15) is 5.82 Å². The minimum atomic E-state index is -4.96. The summed E-state index contributed by atoms with van der Waals surface area (Å²) in [6.45, 7) is 0. The van der Waals surface area contributed by atoms with E-state index in [2.05, 4.69) is 0 Å². The summed E-state index contributed by atoms with van der Waals surface area (Å²) in [4.78, 5) is 23.0. The maximum Gasteiger partial charge on any atom is 0.419 e. The van der Waals surface area contributed by atoms with Crippen molar-refractivity contribution < 1.29 is 41.0 Å². The number of benzene rings is 1. The molecule has 0 bridgehead atoms. The highest BCUT2D eigenvalue weighted by atomic mass is 32.2. The third-order valence-corrected chi connectivity index (χ3v) is 5.44. The first-order valence-corrected chi connectivity index (χ1v) is 9.29. The highest BCUT2D eigenvalue weighted by Crippen LogP contribution is 2.41. The van der Waals surface area contributed by atoms with Crippen molar-refractivity contribution in [1.82, 2.24) is 4.57 Å². The lowest BCUT2D eigenvalue weighted by Gasteiger charge is -2.23. The Labute approximate surface area is 164 Å². The topological polar surface area (TPSA) is 59.3 Å². The van der Waals surface area contributed by atoms with Crippen molar-refractivity contribution in [1.29, 1.82) is 0 Å². The van der Waals surface area contributed by atoms with Crippen molar-refractivity contribution >= 4 is 23.5 Å². The summed E-state index contributed by atoms with van der Waals surface area (Å²) in [5.41, 5.74) is -1.92. The number of thioether (sulfide) groups is 1. The van der Waals surface area contributed by atoms with Gasteiger partial charge in [-0.05, 0) is 24.6 Å². The molecule has 0 atom stereocenters. The highest BCUT2D eigenvalue weighted by Gasteiger charge is 2.46. The fourth-order valence-electron chi connectivity index (χ4n) is 3.05. The molecule has 4 nitrogen and oxygen atoms in total. The molecule has 1 heterocycles. The first-order valence-electron chi connectivity index (χ1n) is 8.30. The Morgan fingerprint density at radius 3 is 2.59 bits per heavy atom. The van der Waals surface area contributed by atoms with Crippen LogP contribution in [0.25, 0.3) is 5.69 Å². The number of carboxylic acid groups (broad SMARTS) is 1. The van der Waals surface area contributed by atoms with Gasteiger partial charge in [-0.2, -0.15) is 22.0 Å². The molecule has 0 aliphatic heterocycles. The van der Waals surface area contributed by atoms with Gasteiger partial charge >= 0.3 is 18.1 Å². The first kappa shape index (κ1) is 21.3. The maximum absolute atomic E-state index is 13.9. The van der Waals surface area contributed by atoms with E-state index >= 15 is 0 Å². The second-order valence-corrected chi connectivity index (χ2v) is 7.51.